The van der Waals surface area contributed by atoms with Gasteiger partial charge in [0.05, 0.1) is 6.21 Å². The Morgan fingerprint density at radius 3 is 2.57 bits per heavy atom. The highest BCUT2D eigenvalue weighted by Crippen LogP contribution is 2.20. The first-order valence-corrected chi connectivity index (χ1v) is 6.36. The molecule has 0 fully saturated rings. The number of nitrogens with one attached hydrogen (secondary N) is 1. The van der Waals surface area contributed by atoms with Crippen molar-refractivity contribution in [1.29, 1.82) is 0 Å². The van der Waals surface area contributed by atoms with Crippen molar-refractivity contribution >= 4 is 11.9 Å². The van der Waals surface area contributed by atoms with Gasteiger partial charge in [0, 0.05) is 24.4 Å². The molecular weight excluding hydrogens is 266 g/mol. The van der Waals surface area contributed by atoms with Gasteiger partial charge in [0.1, 0.15) is 17.3 Å². The molecule has 108 valence electrons. The van der Waals surface area contributed by atoms with E-state index in [4.69, 9.17) is 0 Å². The summed E-state index contributed by atoms with van der Waals surface area (Å²) in [6.45, 7) is 3.90. The summed E-state index contributed by atoms with van der Waals surface area (Å²) in [5, 5.41) is 22.9. The number of benzene rings is 2. The number of hydrazone groups is 1. The molecular formula is C16H17N3O2. The van der Waals surface area contributed by atoms with E-state index < -0.39 is 0 Å². The van der Waals surface area contributed by atoms with Crippen LogP contribution in [-0.2, 0) is 0 Å². The van der Waals surface area contributed by atoms with Crippen LogP contribution in [0.3, 0.4) is 0 Å². The Kier molecular flexibility index (Phi) is 4.46. The SMILES string of the molecule is C=C(N/N=C/c1ccc(O)cc1O)N(C)c1ccccc1. The summed E-state index contributed by atoms with van der Waals surface area (Å²) < 4.78 is 0. The average molecular weight is 283 g/mol. The third-order valence-electron chi connectivity index (χ3n) is 2.96. The average Bonchev–Trinajstić information content (AvgIpc) is 2.49. The normalized spacial score (nSPS) is 10.5. The summed E-state index contributed by atoms with van der Waals surface area (Å²) in [5.41, 5.74) is 4.28. The lowest BCUT2D eigenvalue weighted by Crippen LogP contribution is -2.24. The van der Waals surface area contributed by atoms with Crippen LogP contribution in [0.4, 0.5) is 5.69 Å². The van der Waals surface area contributed by atoms with Gasteiger partial charge in [-0.25, -0.2) is 0 Å². The molecule has 0 aliphatic rings. The highest BCUT2D eigenvalue weighted by atomic mass is 16.3. The van der Waals surface area contributed by atoms with Gasteiger partial charge in [-0.05, 0) is 24.3 Å². The first-order chi connectivity index (χ1) is 10.1. The van der Waals surface area contributed by atoms with Crippen molar-refractivity contribution in [2.24, 2.45) is 5.10 Å². The largest absolute Gasteiger partial charge is 0.508 e. The molecule has 2 aromatic carbocycles. The van der Waals surface area contributed by atoms with E-state index in [0.29, 0.717) is 11.4 Å². The van der Waals surface area contributed by atoms with Gasteiger partial charge in [-0.3, -0.25) is 5.43 Å². The Balaban J connectivity index is 1.99. The second kappa shape index (κ2) is 6.47. The van der Waals surface area contributed by atoms with E-state index in [1.165, 1.54) is 18.3 Å². The van der Waals surface area contributed by atoms with Crippen LogP contribution in [-0.4, -0.2) is 23.5 Å². The molecule has 0 aromatic heterocycles. The third-order valence-corrected chi connectivity index (χ3v) is 2.96. The minimum absolute atomic E-state index is 0.00540. The highest BCUT2D eigenvalue weighted by molar-refractivity contribution is 5.83. The van der Waals surface area contributed by atoms with Gasteiger partial charge in [-0.1, -0.05) is 24.8 Å². The first-order valence-electron chi connectivity index (χ1n) is 6.36. The number of para-hydroxylation sites is 1. The molecule has 0 spiro atoms. The zero-order chi connectivity index (χ0) is 15.2. The minimum atomic E-state index is -0.0393. The lowest BCUT2D eigenvalue weighted by molar-refractivity contribution is 0.450. The van der Waals surface area contributed by atoms with Crippen LogP contribution < -0.4 is 10.3 Å². The number of rotatable bonds is 5. The number of phenolic OH excluding ortho intramolecular Hbond substituents is 2. The molecule has 5 heteroatoms. The summed E-state index contributed by atoms with van der Waals surface area (Å²) in [6, 6.07) is 14.1. The number of phenols is 2. The fourth-order valence-corrected chi connectivity index (χ4v) is 1.70. The van der Waals surface area contributed by atoms with Crippen LogP contribution in [0.1, 0.15) is 5.56 Å². The maximum absolute atomic E-state index is 9.63. The highest BCUT2D eigenvalue weighted by Gasteiger charge is 2.03. The summed E-state index contributed by atoms with van der Waals surface area (Å²) in [4.78, 5) is 1.86. The second-order valence-electron chi connectivity index (χ2n) is 4.45. The molecule has 0 unspecified atom stereocenters. The van der Waals surface area contributed by atoms with Crippen LogP contribution in [0.25, 0.3) is 0 Å². The van der Waals surface area contributed by atoms with Gasteiger partial charge in [0.2, 0.25) is 0 Å². The Hall–Kier alpha value is -2.95. The maximum atomic E-state index is 9.63. The maximum Gasteiger partial charge on any atom is 0.128 e. The molecule has 3 N–H and O–H groups in total. The molecule has 0 radical (unpaired) electrons. The van der Waals surface area contributed by atoms with E-state index in [1.807, 2.05) is 42.3 Å². The molecule has 21 heavy (non-hydrogen) atoms. The molecule has 0 aliphatic carbocycles. The van der Waals surface area contributed by atoms with Crippen LogP contribution in [0, 0.1) is 0 Å². The van der Waals surface area contributed by atoms with Crippen LogP contribution in [0.5, 0.6) is 11.5 Å². The number of anilines is 1. The van der Waals surface area contributed by atoms with Gasteiger partial charge >= 0.3 is 0 Å². The van der Waals surface area contributed by atoms with E-state index in [2.05, 4.69) is 17.1 Å². The van der Waals surface area contributed by atoms with Crippen molar-refractivity contribution in [2.75, 3.05) is 11.9 Å². The van der Waals surface area contributed by atoms with Crippen LogP contribution in [0.15, 0.2) is 66.0 Å². The fraction of sp³-hybridized carbons (Fsp3) is 0.0625. The minimum Gasteiger partial charge on any atom is -0.508 e. The van der Waals surface area contributed by atoms with Gasteiger partial charge in [0.25, 0.3) is 0 Å². The topological polar surface area (TPSA) is 68.1 Å². The van der Waals surface area contributed by atoms with Crippen molar-refractivity contribution in [3.63, 3.8) is 0 Å². The number of hydrogen-bond acceptors (Lipinski definition) is 5. The van der Waals surface area contributed by atoms with Crippen molar-refractivity contribution < 1.29 is 10.2 Å². The molecule has 0 amide bonds. The van der Waals surface area contributed by atoms with Gasteiger partial charge < -0.3 is 15.1 Å². The Morgan fingerprint density at radius 2 is 1.90 bits per heavy atom. The van der Waals surface area contributed by atoms with E-state index in [1.54, 1.807) is 6.07 Å². The number of hydrogen-bond donors (Lipinski definition) is 3. The third kappa shape index (κ3) is 3.76. The predicted octanol–water partition coefficient (Wildman–Crippen LogP) is 2.63. The summed E-state index contributed by atoms with van der Waals surface area (Å²) in [6.07, 6.45) is 1.46. The lowest BCUT2D eigenvalue weighted by Gasteiger charge is -2.20. The summed E-state index contributed by atoms with van der Waals surface area (Å²) in [5.74, 6) is 0.559. The van der Waals surface area contributed by atoms with E-state index in [-0.39, 0.29) is 11.5 Å². The molecule has 0 atom stereocenters. The second-order valence-corrected chi connectivity index (χ2v) is 4.45. The standard InChI is InChI=1S/C16H17N3O2/c1-12(19(2)14-6-4-3-5-7-14)18-17-11-13-8-9-15(20)10-16(13)21/h3-11,18,20-21H,1H2,2H3/b17-11+. The van der Waals surface area contributed by atoms with E-state index in [9.17, 15) is 10.2 Å². The Bertz CT molecular complexity index is 654. The van der Waals surface area contributed by atoms with Gasteiger partial charge in [0.15, 0.2) is 0 Å². The van der Waals surface area contributed by atoms with E-state index in [0.717, 1.165) is 5.69 Å². The Morgan fingerprint density at radius 1 is 1.19 bits per heavy atom. The monoisotopic (exact) mass is 283 g/mol. The van der Waals surface area contributed by atoms with E-state index >= 15 is 0 Å². The van der Waals surface area contributed by atoms with Crippen molar-refractivity contribution in [3.8, 4) is 11.5 Å². The first kappa shape index (κ1) is 14.5. The fourth-order valence-electron chi connectivity index (χ4n) is 1.70. The number of aromatic hydroxyl groups is 2. The summed E-state index contributed by atoms with van der Waals surface area (Å²) in [7, 11) is 1.87. The van der Waals surface area contributed by atoms with Crippen molar-refractivity contribution in [3.05, 3.63) is 66.5 Å². The molecule has 0 bridgehead atoms. The van der Waals surface area contributed by atoms with Crippen LogP contribution in [0.2, 0.25) is 0 Å². The van der Waals surface area contributed by atoms with Crippen molar-refractivity contribution in [2.45, 2.75) is 0 Å². The Labute approximate surface area is 123 Å². The van der Waals surface area contributed by atoms with Gasteiger partial charge in [-0.2, -0.15) is 5.10 Å². The van der Waals surface area contributed by atoms with Crippen molar-refractivity contribution in [1.82, 2.24) is 5.43 Å². The quantitative estimate of drug-likeness (QED) is 0.583. The zero-order valence-electron chi connectivity index (χ0n) is 11.7. The molecule has 0 heterocycles. The molecule has 0 saturated heterocycles. The lowest BCUT2D eigenvalue weighted by atomic mass is 10.2. The molecule has 2 rings (SSSR count). The molecule has 2 aromatic rings. The molecule has 0 aliphatic heterocycles. The predicted molar refractivity (Wildman–Crippen MR) is 84.5 cm³/mol. The number of nitrogens with zero attached hydrogens (tertiary/aromatic N) is 2. The summed E-state index contributed by atoms with van der Waals surface area (Å²) >= 11 is 0. The zero-order valence-corrected chi connectivity index (χ0v) is 11.7. The molecule has 0 saturated carbocycles. The van der Waals surface area contributed by atoms with Crippen LogP contribution >= 0.6 is 0 Å². The van der Waals surface area contributed by atoms with Gasteiger partial charge in [-0.15, -0.1) is 0 Å². The smallest absolute Gasteiger partial charge is 0.128 e. The molecule has 5 nitrogen and oxygen atoms in total.